The summed E-state index contributed by atoms with van der Waals surface area (Å²) in [6.07, 6.45) is 19.2. The van der Waals surface area contributed by atoms with Crippen LogP contribution in [0.15, 0.2) is 12.2 Å². The summed E-state index contributed by atoms with van der Waals surface area (Å²) in [7, 11) is 0. The maximum absolute atomic E-state index is 13.5. The Hall–Kier alpha value is -2.53. The largest absolute Gasteiger partial charge is 0.477 e. The average Bonchev–Trinajstić information content (AvgIpc) is 0.767. The number of amides is 2. The summed E-state index contributed by atoms with van der Waals surface area (Å²) in [5, 5.41) is 136. The Morgan fingerprint density at radius 2 is 1.01 bits per heavy atom. The topological polar surface area (TPSA) is 373 Å². The van der Waals surface area contributed by atoms with Crippen molar-refractivity contribution in [2.75, 3.05) is 26.4 Å². The number of hydrogen-bond acceptors (Lipinski definition) is 20. The lowest BCUT2D eigenvalue weighted by Gasteiger charge is -2.50. The molecule has 23 nitrogen and oxygen atoms in total. The molecule has 540 valence electrons. The first-order valence-corrected chi connectivity index (χ1v) is 36.0. The van der Waals surface area contributed by atoms with Gasteiger partial charge in [0.2, 0.25) is 11.8 Å². The molecule has 3 heterocycles. The summed E-state index contributed by atoms with van der Waals surface area (Å²) in [4.78, 5) is 38.6. The van der Waals surface area contributed by atoms with E-state index in [4.69, 9.17) is 28.4 Å². The summed E-state index contributed by atoms with van der Waals surface area (Å²) in [5.41, 5.74) is 0. The maximum Gasteiger partial charge on any atom is 0.364 e. The van der Waals surface area contributed by atoms with Crippen LogP contribution in [0.5, 0.6) is 0 Å². The molecule has 3 rings (SSSR count). The van der Waals surface area contributed by atoms with Gasteiger partial charge in [0.05, 0.1) is 50.7 Å². The first kappa shape index (κ1) is 83.7. The molecule has 23 heteroatoms. The molecule has 0 saturated carbocycles. The smallest absolute Gasteiger partial charge is 0.364 e. The van der Waals surface area contributed by atoms with Gasteiger partial charge in [-0.1, -0.05) is 225 Å². The lowest BCUT2D eigenvalue weighted by atomic mass is 9.88. The molecule has 0 aromatic heterocycles. The molecule has 18 unspecified atom stereocenters. The second-order valence-electron chi connectivity index (χ2n) is 26.5. The Labute approximate surface area is 550 Å². The zero-order valence-electron chi connectivity index (χ0n) is 56.4. The second-order valence-corrected chi connectivity index (χ2v) is 26.5. The Kier molecular flexibility index (Phi) is 45.4. The normalized spacial score (nSPS) is 28.3. The summed E-state index contributed by atoms with van der Waals surface area (Å²) >= 11 is 0. The first-order valence-electron chi connectivity index (χ1n) is 36.0. The van der Waals surface area contributed by atoms with E-state index >= 15 is 0 Å². The third-order valence-corrected chi connectivity index (χ3v) is 18.5. The molecule has 0 radical (unpaired) electrons. The van der Waals surface area contributed by atoms with Gasteiger partial charge in [0, 0.05) is 19.8 Å². The van der Waals surface area contributed by atoms with E-state index in [1.807, 2.05) is 0 Å². The van der Waals surface area contributed by atoms with E-state index in [1.165, 1.54) is 141 Å². The number of carboxylic acid groups (broad SMARTS) is 1. The van der Waals surface area contributed by atoms with Crippen LogP contribution in [-0.2, 0) is 42.8 Å². The van der Waals surface area contributed by atoms with Gasteiger partial charge in [0.25, 0.3) is 5.79 Å². The lowest BCUT2D eigenvalue weighted by molar-refractivity contribution is -0.386. The van der Waals surface area contributed by atoms with Gasteiger partial charge in [-0.2, -0.15) is 0 Å². The van der Waals surface area contributed by atoms with Crippen LogP contribution in [0.3, 0.4) is 0 Å². The summed E-state index contributed by atoms with van der Waals surface area (Å²) < 4.78 is 34.9. The standard InChI is InChI=1S/C69H128N2O21/c1-4-6-8-10-12-14-16-18-20-22-24-26-28-30-32-34-36-38-40-42-51(76)50(71-56(79)43-41-39-37-35-33-31-29-27-25-23-21-19-17-15-13-11-9-7-5-2)48-87-66-61(83)60(82)63(55(47-74)89-66)90-67-62(84)65(59(81)54(46-73)88-67)92-69(68(85)86)44-52(77)57(70-49(3)75)64(91-69)58(80)53(78)45-72/h23,25,50-55,57-67,72-74,76-78,80-84H,4-22,24,26-48H2,1-3H3,(H,70,75)(H,71,79)(H,85,86)/b25-23-. The first-order chi connectivity index (χ1) is 44.4. The fourth-order valence-corrected chi connectivity index (χ4v) is 12.7. The number of aliphatic hydroxyl groups is 11. The van der Waals surface area contributed by atoms with Gasteiger partial charge in [-0.3, -0.25) is 9.59 Å². The van der Waals surface area contributed by atoms with Crippen molar-refractivity contribution in [3.63, 3.8) is 0 Å². The summed E-state index contributed by atoms with van der Waals surface area (Å²) in [6.45, 7) is 2.22. The number of carbonyl (C=O) groups excluding carboxylic acids is 2. The third-order valence-electron chi connectivity index (χ3n) is 18.5. The van der Waals surface area contributed by atoms with Crippen molar-refractivity contribution in [1.82, 2.24) is 10.6 Å². The zero-order valence-corrected chi connectivity index (χ0v) is 56.4. The monoisotopic (exact) mass is 1320 g/mol. The highest BCUT2D eigenvalue weighted by Crippen LogP contribution is 2.39. The van der Waals surface area contributed by atoms with Crippen molar-refractivity contribution in [1.29, 1.82) is 0 Å². The van der Waals surface area contributed by atoms with E-state index < -0.39 is 148 Å². The van der Waals surface area contributed by atoms with Crippen LogP contribution in [0.4, 0.5) is 0 Å². The minimum Gasteiger partial charge on any atom is -0.477 e. The number of nitrogens with one attached hydrogen (secondary N) is 2. The van der Waals surface area contributed by atoms with Crippen LogP contribution in [-0.4, -0.2) is 215 Å². The van der Waals surface area contributed by atoms with Crippen LogP contribution in [0.2, 0.25) is 0 Å². The van der Waals surface area contributed by atoms with Gasteiger partial charge >= 0.3 is 5.97 Å². The molecule has 3 aliphatic heterocycles. The van der Waals surface area contributed by atoms with Crippen molar-refractivity contribution in [2.45, 2.75) is 381 Å². The molecule has 0 aromatic rings. The molecule has 18 atom stereocenters. The van der Waals surface area contributed by atoms with Gasteiger partial charge in [0.1, 0.15) is 67.1 Å². The van der Waals surface area contributed by atoms with Crippen LogP contribution in [0.1, 0.15) is 271 Å². The molecular formula is C69H128N2O21. The number of aliphatic hydroxyl groups excluding tert-OH is 11. The van der Waals surface area contributed by atoms with Gasteiger partial charge in [0.15, 0.2) is 12.6 Å². The van der Waals surface area contributed by atoms with Crippen molar-refractivity contribution >= 4 is 17.8 Å². The Morgan fingerprint density at radius 1 is 0.554 bits per heavy atom. The quantitative estimate of drug-likeness (QED) is 0.0214. The van der Waals surface area contributed by atoms with Crippen LogP contribution in [0, 0.1) is 0 Å². The van der Waals surface area contributed by atoms with E-state index in [-0.39, 0.29) is 18.9 Å². The average molecular weight is 1320 g/mol. The minimum absolute atomic E-state index is 0.220. The van der Waals surface area contributed by atoms with Crippen LogP contribution < -0.4 is 10.6 Å². The molecule has 0 bridgehead atoms. The molecule has 3 aliphatic rings. The number of rotatable bonds is 55. The molecule has 0 spiro atoms. The summed E-state index contributed by atoms with van der Waals surface area (Å²) in [6, 6.07) is -2.53. The molecule has 92 heavy (non-hydrogen) atoms. The van der Waals surface area contributed by atoms with E-state index in [1.54, 1.807) is 0 Å². The molecular weight excluding hydrogens is 1190 g/mol. The Bertz CT molecular complexity index is 1910. The highest BCUT2D eigenvalue weighted by Gasteiger charge is 2.60. The van der Waals surface area contributed by atoms with Gasteiger partial charge in [-0.25, -0.2) is 4.79 Å². The third kappa shape index (κ3) is 31.8. The van der Waals surface area contributed by atoms with E-state index in [0.717, 1.165) is 84.0 Å². The van der Waals surface area contributed by atoms with Crippen molar-refractivity contribution < 1.29 is 104 Å². The van der Waals surface area contributed by atoms with E-state index in [9.17, 15) is 75.7 Å². The van der Waals surface area contributed by atoms with Gasteiger partial charge in [-0.05, 0) is 38.5 Å². The molecule has 14 N–H and O–H groups in total. The Balaban J connectivity index is 1.58. The predicted octanol–water partition coefficient (Wildman–Crippen LogP) is 7.07. The van der Waals surface area contributed by atoms with E-state index in [0.29, 0.717) is 19.3 Å². The van der Waals surface area contributed by atoms with Crippen molar-refractivity contribution in [3.8, 4) is 0 Å². The Morgan fingerprint density at radius 3 is 1.47 bits per heavy atom. The van der Waals surface area contributed by atoms with E-state index in [2.05, 4.69) is 36.6 Å². The van der Waals surface area contributed by atoms with Crippen LogP contribution in [0.25, 0.3) is 0 Å². The molecule has 0 aromatic carbocycles. The van der Waals surface area contributed by atoms with Crippen molar-refractivity contribution in [3.05, 3.63) is 12.2 Å². The number of carboxylic acids is 1. The highest BCUT2D eigenvalue weighted by molar-refractivity contribution is 5.77. The van der Waals surface area contributed by atoms with Crippen LogP contribution >= 0.6 is 0 Å². The molecule has 3 fully saturated rings. The van der Waals surface area contributed by atoms with Crippen molar-refractivity contribution in [2.24, 2.45) is 0 Å². The number of carbonyl (C=O) groups is 3. The van der Waals surface area contributed by atoms with Gasteiger partial charge < -0.3 is 100 Å². The number of aliphatic carboxylic acids is 1. The SMILES string of the molecule is CCCCCCCCCC/C=C\CCCCCCCCCC(=O)NC(COC1OC(CO)C(OC2OC(CO)C(O)C(OC3(C(=O)O)CC(O)C(NC(C)=O)C(C(O)C(O)CO)O3)C2O)C(O)C1O)C(O)CCCCCCCCCCCCCCCCCCCCC. The fraction of sp³-hybridized carbons (Fsp3) is 0.928. The molecule has 3 saturated heterocycles. The van der Waals surface area contributed by atoms with Gasteiger partial charge in [-0.15, -0.1) is 0 Å². The number of ether oxygens (including phenoxy) is 6. The number of unbranched alkanes of at least 4 members (excludes halogenated alkanes) is 33. The number of hydrogen-bond donors (Lipinski definition) is 14. The molecule has 2 amide bonds. The molecule has 0 aliphatic carbocycles. The fourth-order valence-electron chi connectivity index (χ4n) is 12.7. The highest BCUT2D eigenvalue weighted by atomic mass is 16.8. The second kappa shape index (κ2) is 49.9. The summed E-state index contributed by atoms with van der Waals surface area (Å²) in [5.74, 6) is -6.10. The zero-order chi connectivity index (χ0) is 67.5. The number of allylic oxidation sites excluding steroid dienone is 2. The lowest BCUT2D eigenvalue weighted by Crippen LogP contribution is -2.70. The predicted molar refractivity (Wildman–Crippen MR) is 348 cm³/mol. The maximum atomic E-state index is 13.5. The minimum atomic E-state index is -3.08.